The predicted molar refractivity (Wildman–Crippen MR) is 100 cm³/mol. The molecule has 1 heterocycles. The molecule has 26 heavy (non-hydrogen) atoms. The molecular formula is C18H23N5O3. The molecule has 0 atom stereocenters. The second-order valence-electron chi connectivity index (χ2n) is 6.37. The van der Waals surface area contributed by atoms with Crippen LogP contribution in [0.5, 0.6) is 5.75 Å². The molecule has 3 rings (SSSR count). The summed E-state index contributed by atoms with van der Waals surface area (Å²) in [6, 6.07) is 7.37. The third kappa shape index (κ3) is 4.38. The summed E-state index contributed by atoms with van der Waals surface area (Å²) in [4.78, 5) is 19.5. The molecular weight excluding hydrogens is 334 g/mol. The molecule has 1 aromatic carbocycles. The number of nitrogens with one attached hydrogen (secondary N) is 2. The molecule has 0 spiro atoms. The van der Waals surface area contributed by atoms with Gasteiger partial charge in [-0.3, -0.25) is 10.1 Å². The lowest BCUT2D eigenvalue weighted by Crippen LogP contribution is -2.20. The van der Waals surface area contributed by atoms with Gasteiger partial charge in [-0.25, -0.2) is 9.97 Å². The minimum absolute atomic E-state index is 0.139. The summed E-state index contributed by atoms with van der Waals surface area (Å²) in [5.74, 6) is 1.08. The van der Waals surface area contributed by atoms with Gasteiger partial charge in [-0.05, 0) is 25.0 Å². The average Bonchev–Trinajstić information content (AvgIpc) is 2.90. The molecule has 0 radical (unpaired) electrons. The fourth-order valence-corrected chi connectivity index (χ4v) is 3.20. The van der Waals surface area contributed by atoms with Gasteiger partial charge >= 0.3 is 5.69 Å². The Morgan fingerprint density at radius 2 is 1.88 bits per heavy atom. The largest absolute Gasteiger partial charge is 0.497 e. The quantitative estimate of drug-likeness (QED) is 0.452. The summed E-state index contributed by atoms with van der Waals surface area (Å²) in [5.41, 5.74) is 0.520. The highest BCUT2D eigenvalue weighted by Gasteiger charge is 2.25. The smallest absolute Gasteiger partial charge is 0.353 e. The summed E-state index contributed by atoms with van der Waals surface area (Å²) < 4.78 is 5.19. The first-order valence-electron chi connectivity index (χ1n) is 8.84. The normalized spacial score (nSPS) is 15.1. The molecule has 2 N–H and O–H groups in total. The van der Waals surface area contributed by atoms with Crippen molar-refractivity contribution >= 4 is 23.0 Å². The Balaban J connectivity index is 1.86. The van der Waals surface area contributed by atoms with Crippen LogP contribution in [0.25, 0.3) is 0 Å². The molecule has 0 bridgehead atoms. The van der Waals surface area contributed by atoms with Crippen LogP contribution in [0.2, 0.25) is 0 Å². The third-order valence-electron chi connectivity index (χ3n) is 4.53. The summed E-state index contributed by atoms with van der Waals surface area (Å²) in [7, 11) is 1.57. The molecule has 1 saturated carbocycles. The van der Waals surface area contributed by atoms with E-state index in [4.69, 9.17) is 4.74 Å². The van der Waals surface area contributed by atoms with Gasteiger partial charge in [0.1, 0.15) is 12.1 Å². The Labute approximate surface area is 152 Å². The third-order valence-corrected chi connectivity index (χ3v) is 4.53. The number of nitrogens with zero attached hydrogens (tertiary/aromatic N) is 3. The molecule has 2 aromatic rings. The number of nitro groups is 1. The lowest BCUT2D eigenvalue weighted by Gasteiger charge is -2.17. The van der Waals surface area contributed by atoms with E-state index < -0.39 is 4.92 Å². The summed E-state index contributed by atoms with van der Waals surface area (Å²) in [5, 5.41) is 18.0. The van der Waals surface area contributed by atoms with Crippen molar-refractivity contribution < 1.29 is 9.66 Å². The van der Waals surface area contributed by atoms with E-state index in [-0.39, 0.29) is 23.4 Å². The van der Waals surface area contributed by atoms with E-state index in [2.05, 4.69) is 20.6 Å². The van der Waals surface area contributed by atoms with E-state index in [1.54, 1.807) is 31.4 Å². The number of aromatic nitrogens is 2. The molecule has 1 aliphatic rings. The summed E-state index contributed by atoms with van der Waals surface area (Å²) in [6.07, 6.45) is 8.03. The Hall–Kier alpha value is -2.90. The number of rotatable bonds is 6. The van der Waals surface area contributed by atoms with E-state index in [0.717, 1.165) is 25.7 Å². The van der Waals surface area contributed by atoms with Gasteiger partial charge in [-0.1, -0.05) is 31.7 Å². The van der Waals surface area contributed by atoms with Crippen LogP contribution in [0.15, 0.2) is 30.6 Å². The van der Waals surface area contributed by atoms with Gasteiger partial charge in [0, 0.05) is 17.8 Å². The monoisotopic (exact) mass is 357 g/mol. The molecule has 1 aliphatic carbocycles. The highest BCUT2D eigenvalue weighted by Crippen LogP contribution is 2.33. The van der Waals surface area contributed by atoms with Gasteiger partial charge in [0.2, 0.25) is 11.6 Å². The van der Waals surface area contributed by atoms with E-state index >= 15 is 0 Å². The van der Waals surface area contributed by atoms with Crippen LogP contribution in [0.4, 0.5) is 23.0 Å². The van der Waals surface area contributed by atoms with Crippen LogP contribution in [-0.4, -0.2) is 28.0 Å². The molecule has 0 amide bonds. The van der Waals surface area contributed by atoms with Gasteiger partial charge < -0.3 is 15.4 Å². The van der Waals surface area contributed by atoms with Crippen molar-refractivity contribution in [3.63, 3.8) is 0 Å². The average molecular weight is 357 g/mol. The standard InChI is InChI=1S/C18H23N5O3/c1-26-15-10-6-9-14(11-15)22-18-16(23(24)25)17(19-12-20-18)21-13-7-4-2-3-5-8-13/h6,9-13H,2-5,7-8H2,1H3,(H2,19,20,21,22). The highest BCUT2D eigenvalue weighted by molar-refractivity contribution is 5.74. The number of hydrogen-bond acceptors (Lipinski definition) is 7. The molecule has 1 aromatic heterocycles. The first kappa shape index (κ1) is 17.9. The Morgan fingerprint density at radius 1 is 1.15 bits per heavy atom. The van der Waals surface area contributed by atoms with Crippen molar-refractivity contribution in [1.82, 2.24) is 9.97 Å². The van der Waals surface area contributed by atoms with Crippen LogP contribution in [-0.2, 0) is 0 Å². The second kappa shape index (κ2) is 8.46. The number of anilines is 3. The molecule has 0 saturated heterocycles. The first-order chi connectivity index (χ1) is 12.7. The second-order valence-corrected chi connectivity index (χ2v) is 6.37. The van der Waals surface area contributed by atoms with Crippen LogP contribution in [0.1, 0.15) is 38.5 Å². The van der Waals surface area contributed by atoms with Crippen LogP contribution in [0.3, 0.4) is 0 Å². The number of ether oxygens (including phenoxy) is 1. The Bertz CT molecular complexity index is 760. The molecule has 138 valence electrons. The molecule has 0 aliphatic heterocycles. The van der Waals surface area contributed by atoms with Crippen LogP contribution < -0.4 is 15.4 Å². The number of benzene rings is 1. The van der Waals surface area contributed by atoms with E-state index in [0.29, 0.717) is 11.4 Å². The number of hydrogen-bond donors (Lipinski definition) is 2. The Morgan fingerprint density at radius 3 is 2.58 bits per heavy atom. The first-order valence-corrected chi connectivity index (χ1v) is 8.84. The number of methoxy groups -OCH3 is 1. The zero-order valence-electron chi connectivity index (χ0n) is 14.8. The Kier molecular flexibility index (Phi) is 5.83. The summed E-state index contributed by atoms with van der Waals surface area (Å²) >= 11 is 0. The van der Waals surface area contributed by atoms with Gasteiger partial charge in [-0.2, -0.15) is 0 Å². The lowest BCUT2D eigenvalue weighted by molar-refractivity contribution is -0.383. The van der Waals surface area contributed by atoms with Crippen molar-refractivity contribution in [1.29, 1.82) is 0 Å². The zero-order valence-corrected chi connectivity index (χ0v) is 14.8. The van der Waals surface area contributed by atoms with Crippen molar-refractivity contribution in [2.75, 3.05) is 17.7 Å². The van der Waals surface area contributed by atoms with E-state index in [9.17, 15) is 10.1 Å². The van der Waals surface area contributed by atoms with Crippen molar-refractivity contribution in [2.24, 2.45) is 0 Å². The maximum Gasteiger partial charge on any atom is 0.353 e. The van der Waals surface area contributed by atoms with Crippen molar-refractivity contribution in [3.05, 3.63) is 40.7 Å². The molecule has 1 fully saturated rings. The molecule has 8 heteroatoms. The zero-order chi connectivity index (χ0) is 18.4. The fraction of sp³-hybridized carbons (Fsp3) is 0.444. The lowest BCUT2D eigenvalue weighted by atomic mass is 10.1. The maximum atomic E-state index is 11.7. The fourth-order valence-electron chi connectivity index (χ4n) is 3.20. The van der Waals surface area contributed by atoms with Gasteiger partial charge in [0.05, 0.1) is 12.0 Å². The van der Waals surface area contributed by atoms with Crippen LogP contribution in [0, 0.1) is 10.1 Å². The summed E-state index contributed by atoms with van der Waals surface area (Å²) in [6.45, 7) is 0. The SMILES string of the molecule is COc1cccc(Nc2ncnc(NC3CCCCCC3)c2[N+](=O)[O-])c1. The van der Waals surface area contributed by atoms with E-state index in [1.807, 2.05) is 0 Å². The van der Waals surface area contributed by atoms with Crippen LogP contribution >= 0.6 is 0 Å². The van der Waals surface area contributed by atoms with Crippen molar-refractivity contribution in [3.8, 4) is 5.75 Å². The predicted octanol–water partition coefficient (Wildman–Crippen LogP) is 4.27. The molecule has 8 nitrogen and oxygen atoms in total. The minimum atomic E-state index is -0.443. The van der Waals surface area contributed by atoms with Gasteiger partial charge in [0.15, 0.2) is 0 Å². The van der Waals surface area contributed by atoms with Gasteiger partial charge in [0.25, 0.3) is 0 Å². The highest BCUT2D eigenvalue weighted by atomic mass is 16.6. The molecule has 0 unspecified atom stereocenters. The van der Waals surface area contributed by atoms with Gasteiger partial charge in [-0.15, -0.1) is 0 Å². The topological polar surface area (TPSA) is 102 Å². The maximum absolute atomic E-state index is 11.7. The minimum Gasteiger partial charge on any atom is -0.497 e. The van der Waals surface area contributed by atoms with Crippen molar-refractivity contribution in [2.45, 2.75) is 44.6 Å². The van der Waals surface area contributed by atoms with E-state index in [1.165, 1.54) is 19.2 Å².